The Morgan fingerprint density at radius 1 is 1.13 bits per heavy atom. The molecule has 14 heteroatoms. The minimum absolute atomic E-state index is 0.00596. The first-order valence-corrected chi connectivity index (χ1v) is 14.6. The summed E-state index contributed by atoms with van der Waals surface area (Å²) in [5, 5.41) is 2.88. The maximum atomic E-state index is 15.3. The van der Waals surface area contributed by atoms with E-state index in [0.717, 1.165) is 6.07 Å². The molecule has 0 unspecified atom stereocenters. The van der Waals surface area contributed by atoms with Gasteiger partial charge in [0.15, 0.2) is 0 Å². The van der Waals surface area contributed by atoms with Crippen LogP contribution in [0.5, 0.6) is 0 Å². The lowest BCUT2D eigenvalue weighted by molar-refractivity contribution is -0.172. The largest absolute Gasteiger partial charge is 0.366 e. The fourth-order valence-electron chi connectivity index (χ4n) is 5.12. The Balaban J connectivity index is 1.27. The summed E-state index contributed by atoms with van der Waals surface area (Å²) in [6, 6.07) is 8.35. The van der Waals surface area contributed by atoms with Crippen LogP contribution >= 0.6 is 11.6 Å². The van der Waals surface area contributed by atoms with Gasteiger partial charge in [0, 0.05) is 69.5 Å². The number of aromatic nitrogens is 1. The second-order valence-electron chi connectivity index (χ2n) is 10.1. The van der Waals surface area contributed by atoms with Crippen molar-refractivity contribution >= 4 is 39.0 Å². The summed E-state index contributed by atoms with van der Waals surface area (Å²) in [5.41, 5.74) is 6.15. The number of piperazine rings is 1. The first kappa shape index (κ1) is 28.1. The Kier molecular flexibility index (Phi) is 7.83. The van der Waals surface area contributed by atoms with E-state index in [2.05, 4.69) is 10.3 Å². The van der Waals surface area contributed by atoms with E-state index in [0.29, 0.717) is 18.8 Å². The molecule has 1 amide bonds. The fraction of sp³-hybridized carbons (Fsp3) is 0.520. The molecular formula is C25H31ClF2N6O4S. The zero-order valence-electron chi connectivity index (χ0n) is 21.4. The normalized spacial score (nSPS) is 25.4. The van der Waals surface area contributed by atoms with Crippen LogP contribution in [0.2, 0.25) is 5.15 Å². The van der Waals surface area contributed by atoms with Crippen molar-refractivity contribution < 1.29 is 26.7 Å². The highest BCUT2D eigenvalue weighted by Gasteiger charge is 2.45. The van der Waals surface area contributed by atoms with Gasteiger partial charge in [-0.25, -0.2) is 13.4 Å². The van der Waals surface area contributed by atoms with Crippen molar-refractivity contribution in [3.63, 3.8) is 0 Å². The van der Waals surface area contributed by atoms with Crippen LogP contribution < -0.4 is 20.9 Å². The fourth-order valence-corrected chi connectivity index (χ4v) is 6.75. The van der Waals surface area contributed by atoms with Crippen LogP contribution in [0.1, 0.15) is 18.9 Å². The third-order valence-corrected chi connectivity index (χ3v) is 9.34. The molecule has 3 aliphatic rings. The molecule has 0 aliphatic carbocycles. The number of nitrogens with one attached hydrogen (secondary N) is 1. The minimum atomic E-state index is -3.80. The van der Waals surface area contributed by atoms with E-state index >= 15 is 8.78 Å². The molecule has 212 valence electrons. The predicted molar refractivity (Wildman–Crippen MR) is 143 cm³/mol. The number of nitrogens with zero attached hydrogens (tertiary/aromatic N) is 4. The van der Waals surface area contributed by atoms with Gasteiger partial charge in [-0.1, -0.05) is 11.6 Å². The van der Waals surface area contributed by atoms with Crippen molar-refractivity contribution in [1.82, 2.24) is 14.6 Å². The maximum Gasteiger partial charge on any atom is 0.300 e. The van der Waals surface area contributed by atoms with Crippen LogP contribution in [0, 0.1) is 0 Å². The Hall–Kier alpha value is -2.42. The number of alkyl halides is 2. The van der Waals surface area contributed by atoms with Gasteiger partial charge in [-0.05, 0) is 43.3 Å². The molecule has 0 spiro atoms. The third kappa shape index (κ3) is 5.74. The van der Waals surface area contributed by atoms with E-state index < -0.39 is 22.0 Å². The molecule has 0 radical (unpaired) electrons. The number of hydrogen-bond acceptors (Lipinski definition) is 8. The molecule has 2 aromatic rings. The van der Waals surface area contributed by atoms with Gasteiger partial charge in [-0.2, -0.15) is 13.1 Å². The quantitative estimate of drug-likeness (QED) is 0.493. The molecule has 3 N–H and O–H groups in total. The molecule has 10 nitrogen and oxygen atoms in total. The number of hydrogen-bond donors (Lipinski definition) is 2. The predicted octanol–water partition coefficient (Wildman–Crippen LogP) is 1.78. The summed E-state index contributed by atoms with van der Waals surface area (Å²) < 4.78 is 64.0. The lowest BCUT2D eigenvalue weighted by Crippen LogP contribution is -2.51. The molecule has 1 aromatic carbocycles. The number of ether oxygens (including phenoxy) is 1. The third-order valence-electron chi connectivity index (χ3n) is 7.23. The van der Waals surface area contributed by atoms with E-state index in [9.17, 15) is 13.2 Å². The number of morpholine rings is 1. The first-order chi connectivity index (χ1) is 18.4. The van der Waals surface area contributed by atoms with E-state index in [1.807, 2.05) is 0 Å². The summed E-state index contributed by atoms with van der Waals surface area (Å²) in [6.45, 7) is 3.38. The number of carbonyl (C=O) groups excluding carboxylic acids is 1. The van der Waals surface area contributed by atoms with Crippen molar-refractivity contribution in [2.45, 2.75) is 42.4 Å². The zero-order chi connectivity index (χ0) is 27.9. The number of nitrogens with two attached hydrogens (primary N) is 1. The Morgan fingerprint density at radius 2 is 1.82 bits per heavy atom. The monoisotopic (exact) mass is 584 g/mol. The van der Waals surface area contributed by atoms with Gasteiger partial charge in [0.25, 0.3) is 5.92 Å². The van der Waals surface area contributed by atoms with Crippen LogP contribution in [0.3, 0.4) is 0 Å². The second kappa shape index (κ2) is 10.9. The smallest absolute Gasteiger partial charge is 0.300 e. The summed E-state index contributed by atoms with van der Waals surface area (Å²) in [6.07, 6.45) is -1.43. The number of benzene rings is 1. The summed E-state index contributed by atoms with van der Waals surface area (Å²) in [7, 11) is -3.80. The molecule has 5 rings (SSSR count). The highest BCUT2D eigenvalue weighted by Crippen LogP contribution is 2.37. The van der Waals surface area contributed by atoms with Crippen LogP contribution in [0.25, 0.3) is 0 Å². The Morgan fingerprint density at radius 3 is 2.44 bits per heavy atom. The van der Waals surface area contributed by atoms with Crippen molar-refractivity contribution in [3.05, 3.63) is 47.1 Å². The lowest BCUT2D eigenvalue weighted by atomic mass is 10.0. The molecule has 0 saturated carbocycles. The van der Waals surface area contributed by atoms with Gasteiger partial charge in [-0.15, -0.1) is 0 Å². The minimum Gasteiger partial charge on any atom is -0.366 e. The number of pyridine rings is 1. The van der Waals surface area contributed by atoms with Gasteiger partial charge in [0.1, 0.15) is 17.1 Å². The summed E-state index contributed by atoms with van der Waals surface area (Å²) >= 11 is 6.14. The zero-order valence-corrected chi connectivity index (χ0v) is 23.0. The van der Waals surface area contributed by atoms with Crippen molar-refractivity contribution in [1.29, 1.82) is 0 Å². The van der Waals surface area contributed by atoms with Gasteiger partial charge < -0.3 is 25.6 Å². The number of carbonyl (C=O) groups is 1. The van der Waals surface area contributed by atoms with Gasteiger partial charge in [0.2, 0.25) is 15.9 Å². The highest BCUT2D eigenvalue weighted by molar-refractivity contribution is 7.89. The number of amides is 1. The first-order valence-electron chi connectivity index (χ1n) is 12.8. The van der Waals surface area contributed by atoms with Crippen LogP contribution in [-0.2, 0) is 25.5 Å². The molecule has 0 bridgehead atoms. The summed E-state index contributed by atoms with van der Waals surface area (Å²) in [5.74, 6) is -3.14. The van der Waals surface area contributed by atoms with E-state index in [-0.39, 0.29) is 78.6 Å². The Labute approximate surface area is 231 Å². The molecule has 3 saturated heterocycles. The van der Waals surface area contributed by atoms with Gasteiger partial charge in [0.05, 0.1) is 11.0 Å². The lowest BCUT2D eigenvalue weighted by Gasteiger charge is -2.36. The number of halogens is 3. The van der Waals surface area contributed by atoms with Gasteiger partial charge in [-0.3, -0.25) is 4.79 Å². The Bertz CT molecular complexity index is 1320. The second-order valence-corrected chi connectivity index (χ2v) is 12.4. The topological polar surface area (TPSA) is 121 Å². The number of sulfonamides is 1. The van der Waals surface area contributed by atoms with Crippen LogP contribution in [0.15, 0.2) is 41.3 Å². The number of anilines is 2. The van der Waals surface area contributed by atoms with E-state index in [1.165, 1.54) is 22.5 Å². The molecule has 4 heterocycles. The molecule has 3 atom stereocenters. The van der Waals surface area contributed by atoms with Crippen molar-refractivity contribution in [2.75, 3.05) is 55.6 Å². The van der Waals surface area contributed by atoms with Crippen molar-refractivity contribution in [2.24, 2.45) is 5.73 Å². The van der Waals surface area contributed by atoms with E-state index in [1.54, 1.807) is 28.9 Å². The number of rotatable bonds is 6. The molecular weight excluding hydrogens is 554 g/mol. The SMILES string of the molecule is C[C@H]1CNC[C@@H](C(F)(F)c2cc(Cl)nc(N3CCN(S(=O)(=O)c4ccc(N5C[C@H](N)CC5=O)cc4)CC3)c2)O1. The average molecular weight is 585 g/mol. The van der Waals surface area contributed by atoms with Crippen LogP contribution in [-0.4, -0.2) is 87.7 Å². The molecule has 3 fully saturated rings. The molecule has 1 aromatic heterocycles. The van der Waals surface area contributed by atoms with Crippen molar-refractivity contribution in [3.8, 4) is 0 Å². The average Bonchev–Trinajstić information content (AvgIpc) is 3.26. The molecule has 39 heavy (non-hydrogen) atoms. The van der Waals surface area contributed by atoms with E-state index in [4.69, 9.17) is 22.1 Å². The molecule has 3 aliphatic heterocycles. The maximum absolute atomic E-state index is 15.3. The van der Waals surface area contributed by atoms with Gasteiger partial charge >= 0.3 is 0 Å². The van der Waals surface area contributed by atoms with Crippen LogP contribution in [0.4, 0.5) is 20.3 Å². The standard InChI is InChI=1S/C25H31ClF2N6O4S/c1-16-13-30-14-21(38-16)25(27,28)17-10-22(26)31-23(11-17)32-6-8-33(9-7-32)39(36,37)20-4-2-19(3-5-20)34-15-18(29)12-24(34)35/h2-5,10-11,16,18,21,30H,6-9,12-15,29H2,1H3/t16-,18+,21-/m0/s1. The summed E-state index contributed by atoms with van der Waals surface area (Å²) in [4.78, 5) is 19.7. The highest BCUT2D eigenvalue weighted by atomic mass is 35.5.